The van der Waals surface area contributed by atoms with Gasteiger partial charge in [0.15, 0.2) is 0 Å². The molecule has 2 aromatic heterocycles. The largest absolute Gasteiger partial charge is 0.305 e. The predicted molar refractivity (Wildman–Crippen MR) is 76.8 cm³/mol. The van der Waals surface area contributed by atoms with Crippen molar-refractivity contribution in [1.29, 1.82) is 0 Å². The Morgan fingerprint density at radius 2 is 2.29 bits per heavy atom. The minimum absolute atomic E-state index is 0.0700. The Hall–Kier alpha value is -0.420. The van der Waals surface area contributed by atoms with Crippen LogP contribution in [0.5, 0.6) is 0 Å². The Kier molecular flexibility index (Phi) is 4.56. The minimum atomic E-state index is 0.0700. The van der Waals surface area contributed by atoms with Crippen LogP contribution in [0.1, 0.15) is 23.5 Å². The fraction of sp³-hybridized carbons (Fsp3) is 0.250. The standard InChI is InChI=1S/C12H12BrClN2S/c1-2-15-11(12-9(14)5-6-17-12)10-4-3-8(13)7-16-10/h3-7,11,15H,2H2,1H3. The SMILES string of the molecule is CCNC(c1ccc(Br)cn1)c1sccc1Cl. The molecule has 0 saturated heterocycles. The topological polar surface area (TPSA) is 24.9 Å². The predicted octanol–water partition coefficient (Wildman–Crippen LogP) is 4.26. The van der Waals surface area contributed by atoms with Crippen molar-refractivity contribution in [3.05, 3.63) is 49.8 Å². The van der Waals surface area contributed by atoms with E-state index in [1.807, 2.05) is 23.6 Å². The molecule has 1 atom stereocenters. The lowest BCUT2D eigenvalue weighted by Gasteiger charge is -2.16. The zero-order valence-electron chi connectivity index (χ0n) is 9.28. The summed E-state index contributed by atoms with van der Waals surface area (Å²) in [6, 6.07) is 5.99. The molecule has 5 heteroatoms. The average molecular weight is 332 g/mol. The van der Waals surface area contributed by atoms with E-state index in [9.17, 15) is 0 Å². The van der Waals surface area contributed by atoms with Crippen molar-refractivity contribution in [3.8, 4) is 0 Å². The van der Waals surface area contributed by atoms with Crippen molar-refractivity contribution >= 4 is 38.9 Å². The summed E-state index contributed by atoms with van der Waals surface area (Å²) < 4.78 is 0.980. The van der Waals surface area contributed by atoms with Gasteiger partial charge in [0, 0.05) is 15.5 Å². The first-order valence-electron chi connectivity index (χ1n) is 5.30. The van der Waals surface area contributed by atoms with Gasteiger partial charge in [0.05, 0.1) is 16.8 Å². The number of nitrogens with one attached hydrogen (secondary N) is 1. The first kappa shape index (κ1) is 13.0. The van der Waals surface area contributed by atoms with Crippen LogP contribution in [-0.4, -0.2) is 11.5 Å². The van der Waals surface area contributed by atoms with Gasteiger partial charge in [0.25, 0.3) is 0 Å². The van der Waals surface area contributed by atoms with E-state index in [2.05, 4.69) is 33.2 Å². The van der Waals surface area contributed by atoms with Crippen LogP contribution in [0.25, 0.3) is 0 Å². The summed E-state index contributed by atoms with van der Waals surface area (Å²) in [4.78, 5) is 5.55. The van der Waals surface area contributed by atoms with Gasteiger partial charge >= 0.3 is 0 Å². The number of halogens is 2. The van der Waals surface area contributed by atoms with E-state index in [1.165, 1.54) is 0 Å². The zero-order valence-corrected chi connectivity index (χ0v) is 12.4. The fourth-order valence-corrected chi connectivity index (χ4v) is 3.09. The molecule has 2 heterocycles. The fourth-order valence-electron chi connectivity index (χ4n) is 1.61. The summed E-state index contributed by atoms with van der Waals surface area (Å²) in [6.07, 6.45) is 1.81. The molecule has 0 spiro atoms. The summed E-state index contributed by atoms with van der Waals surface area (Å²) >= 11 is 11.2. The van der Waals surface area contributed by atoms with Crippen molar-refractivity contribution in [2.75, 3.05) is 6.54 Å². The zero-order chi connectivity index (χ0) is 12.3. The molecule has 0 fully saturated rings. The maximum atomic E-state index is 6.18. The van der Waals surface area contributed by atoms with Gasteiger partial charge in [-0.3, -0.25) is 4.98 Å². The van der Waals surface area contributed by atoms with Crippen molar-refractivity contribution in [3.63, 3.8) is 0 Å². The van der Waals surface area contributed by atoms with Gasteiger partial charge in [-0.05, 0) is 46.1 Å². The molecule has 0 saturated carbocycles. The van der Waals surface area contributed by atoms with Gasteiger partial charge in [-0.2, -0.15) is 0 Å². The molecular formula is C12H12BrClN2S. The molecule has 0 aromatic carbocycles. The van der Waals surface area contributed by atoms with Crippen LogP contribution in [0, 0.1) is 0 Å². The van der Waals surface area contributed by atoms with E-state index >= 15 is 0 Å². The monoisotopic (exact) mass is 330 g/mol. The highest BCUT2D eigenvalue weighted by Crippen LogP contribution is 2.32. The highest BCUT2D eigenvalue weighted by Gasteiger charge is 2.18. The molecule has 2 aromatic rings. The third-order valence-corrected chi connectivity index (χ3v) is 4.25. The first-order valence-corrected chi connectivity index (χ1v) is 7.35. The normalized spacial score (nSPS) is 12.6. The Morgan fingerprint density at radius 1 is 1.47 bits per heavy atom. The van der Waals surface area contributed by atoms with E-state index in [0.29, 0.717) is 0 Å². The number of aromatic nitrogens is 1. The molecule has 17 heavy (non-hydrogen) atoms. The van der Waals surface area contributed by atoms with Crippen LogP contribution >= 0.6 is 38.9 Å². The summed E-state index contributed by atoms with van der Waals surface area (Å²) in [6.45, 7) is 2.95. The molecular weight excluding hydrogens is 320 g/mol. The Bertz CT molecular complexity index is 484. The Morgan fingerprint density at radius 3 is 2.82 bits per heavy atom. The second kappa shape index (κ2) is 5.96. The van der Waals surface area contributed by atoms with E-state index in [1.54, 1.807) is 17.5 Å². The molecule has 0 aliphatic heterocycles. The van der Waals surface area contributed by atoms with Crippen molar-refractivity contribution in [1.82, 2.24) is 10.3 Å². The molecule has 0 aliphatic carbocycles. The highest BCUT2D eigenvalue weighted by atomic mass is 79.9. The molecule has 0 bridgehead atoms. The smallest absolute Gasteiger partial charge is 0.0859 e. The maximum Gasteiger partial charge on any atom is 0.0859 e. The molecule has 2 rings (SSSR count). The quantitative estimate of drug-likeness (QED) is 0.905. The third-order valence-electron chi connectivity index (χ3n) is 2.36. The lowest BCUT2D eigenvalue weighted by atomic mass is 10.1. The van der Waals surface area contributed by atoms with Crippen LogP contribution in [0.3, 0.4) is 0 Å². The van der Waals surface area contributed by atoms with Crippen LogP contribution < -0.4 is 5.32 Å². The maximum absolute atomic E-state index is 6.18. The van der Waals surface area contributed by atoms with Crippen LogP contribution in [-0.2, 0) is 0 Å². The number of rotatable bonds is 4. The van der Waals surface area contributed by atoms with E-state index in [0.717, 1.165) is 26.6 Å². The highest BCUT2D eigenvalue weighted by molar-refractivity contribution is 9.10. The molecule has 1 N–H and O–H groups in total. The summed E-state index contributed by atoms with van der Waals surface area (Å²) in [7, 11) is 0. The second-order valence-electron chi connectivity index (χ2n) is 3.52. The van der Waals surface area contributed by atoms with Crippen LogP contribution in [0.15, 0.2) is 34.2 Å². The van der Waals surface area contributed by atoms with E-state index < -0.39 is 0 Å². The van der Waals surface area contributed by atoms with Crippen LogP contribution in [0.2, 0.25) is 5.02 Å². The lowest BCUT2D eigenvalue weighted by Crippen LogP contribution is -2.22. The first-order chi connectivity index (χ1) is 8.22. The Balaban J connectivity index is 2.35. The van der Waals surface area contributed by atoms with Crippen molar-refractivity contribution < 1.29 is 0 Å². The number of pyridine rings is 1. The molecule has 0 amide bonds. The number of thiophene rings is 1. The van der Waals surface area contributed by atoms with Crippen LogP contribution in [0.4, 0.5) is 0 Å². The number of nitrogens with zero attached hydrogens (tertiary/aromatic N) is 1. The van der Waals surface area contributed by atoms with Gasteiger partial charge < -0.3 is 5.32 Å². The van der Waals surface area contributed by atoms with Crippen molar-refractivity contribution in [2.24, 2.45) is 0 Å². The Labute approximate surface area is 118 Å². The molecule has 0 aliphatic rings. The summed E-state index contributed by atoms with van der Waals surface area (Å²) in [5, 5.41) is 6.21. The molecule has 0 radical (unpaired) electrons. The second-order valence-corrected chi connectivity index (χ2v) is 5.80. The van der Waals surface area contributed by atoms with Gasteiger partial charge in [-0.25, -0.2) is 0 Å². The summed E-state index contributed by atoms with van der Waals surface area (Å²) in [5.41, 5.74) is 0.986. The van der Waals surface area contributed by atoms with Gasteiger partial charge in [-0.1, -0.05) is 18.5 Å². The minimum Gasteiger partial charge on any atom is -0.305 e. The summed E-state index contributed by atoms with van der Waals surface area (Å²) in [5.74, 6) is 0. The average Bonchev–Trinajstić information content (AvgIpc) is 2.74. The lowest BCUT2D eigenvalue weighted by molar-refractivity contribution is 0.624. The number of hydrogen-bond acceptors (Lipinski definition) is 3. The van der Waals surface area contributed by atoms with Gasteiger partial charge in [0.1, 0.15) is 0 Å². The molecule has 2 nitrogen and oxygen atoms in total. The third kappa shape index (κ3) is 3.07. The van der Waals surface area contributed by atoms with E-state index in [4.69, 9.17) is 11.6 Å². The molecule has 90 valence electrons. The number of hydrogen-bond donors (Lipinski definition) is 1. The van der Waals surface area contributed by atoms with E-state index in [-0.39, 0.29) is 6.04 Å². The van der Waals surface area contributed by atoms with Gasteiger partial charge in [-0.15, -0.1) is 11.3 Å². The molecule has 1 unspecified atom stereocenters. The van der Waals surface area contributed by atoms with Crippen molar-refractivity contribution in [2.45, 2.75) is 13.0 Å². The van der Waals surface area contributed by atoms with Gasteiger partial charge in [0.2, 0.25) is 0 Å².